The van der Waals surface area contributed by atoms with E-state index in [1.807, 2.05) is 27.2 Å². The van der Waals surface area contributed by atoms with Crippen molar-refractivity contribution in [1.29, 1.82) is 0 Å². The molecule has 0 aliphatic carbocycles. The van der Waals surface area contributed by atoms with Crippen molar-refractivity contribution in [2.24, 2.45) is 0 Å². The number of quaternary nitrogens is 1. The van der Waals surface area contributed by atoms with Crippen LogP contribution in [0, 0.1) is 0 Å². The zero-order chi connectivity index (χ0) is 18.7. The van der Waals surface area contributed by atoms with Gasteiger partial charge < -0.3 is 14.9 Å². The van der Waals surface area contributed by atoms with Crippen LogP contribution in [0.5, 0.6) is 0 Å². The molecule has 140 valence electrons. The van der Waals surface area contributed by atoms with Gasteiger partial charge in [-0.05, 0) is 24.8 Å². The number of hydrogen-bond donors (Lipinski definition) is 2. The second kappa shape index (κ2) is 10.9. The zero-order valence-corrected chi connectivity index (χ0v) is 15.8. The summed E-state index contributed by atoms with van der Waals surface area (Å²) in [6.07, 6.45) is 5.65. The normalized spacial score (nSPS) is 12.6. The van der Waals surface area contributed by atoms with Gasteiger partial charge in [0.05, 0.1) is 40.2 Å². The molecule has 0 fully saturated rings. The van der Waals surface area contributed by atoms with E-state index in [1.54, 1.807) is 0 Å². The minimum atomic E-state index is -0.875. The molecule has 1 rings (SSSR count). The number of carboxylic acid groups (broad SMARTS) is 1. The standard InChI is InChI=1S/C20H32N2O3/c1-22(2,3)16-18(15-20(24)25)21-19(23)14-10-5-4-7-11-17-12-8-6-9-13-17/h6,8-9,12-13,18H,4-5,7,10-11,14-16H2,1-3H3,(H-,21,23,24,25)/p+1. The third kappa shape index (κ3) is 11.3. The fraction of sp³-hybridized carbons (Fsp3) is 0.600. The van der Waals surface area contributed by atoms with E-state index in [2.05, 4.69) is 29.6 Å². The Bertz CT molecular complexity index is 523. The molecular weight excluding hydrogens is 316 g/mol. The van der Waals surface area contributed by atoms with E-state index in [0.29, 0.717) is 17.4 Å². The Morgan fingerprint density at radius 2 is 1.68 bits per heavy atom. The summed E-state index contributed by atoms with van der Waals surface area (Å²) in [4.78, 5) is 23.0. The third-order valence-corrected chi connectivity index (χ3v) is 4.02. The molecule has 1 atom stereocenters. The Hall–Kier alpha value is -1.88. The Morgan fingerprint density at radius 1 is 1.04 bits per heavy atom. The number of likely N-dealkylation sites (N-methyl/N-ethyl adjacent to an activating group) is 1. The fourth-order valence-corrected chi connectivity index (χ4v) is 2.95. The molecule has 0 heterocycles. The number of unbranched alkanes of at least 4 members (excludes halogenated alkanes) is 3. The predicted molar refractivity (Wildman–Crippen MR) is 100 cm³/mol. The van der Waals surface area contributed by atoms with Crippen LogP contribution in [-0.4, -0.2) is 55.2 Å². The first kappa shape index (κ1) is 21.2. The van der Waals surface area contributed by atoms with Crippen molar-refractivity contribution in [3.8, 4) is 0 Å². The molecule has 1 aromatic carbocycles. The maximum Gasteiger partial charge on any atom is 0.305 e. The molecule has 5 heteroatoms. The maximum absolute atomic E-state index is 12.1. The number of nitrogens with zero attached hydrogens (tertiary/aromatic N) is 1. The summed E-state index contributed by atoms with van der Waals surface area (Å²) in [6.45, 7) is 0.606. The minimum Gasteiger partial charge on any atom is -0.481 e. The predicted octanol–water partition coefficient (Wildman–Crippen LogP) is 2.85. The van der Waals surface area contributed by atoms with E-state index in [4.69, 9.17) is 5.11 Å². The lowest BCUT2D eigenvalue weighted by Gasteiger charge is -2.29. The average molecular weight is 349 g/mol. The van der Waals surface area contributed by atoms with Gasteiger partial charge in [0.1, 0.15) is 0 Å². The average Bonchev–Trinajstić information content (AvgIpc) is 2.49. The monoisotopic (exact) mass is 349 g/mol. The van der Waals surface area contributed by atoms with Gasteiger partial charge in [-0.1, -0.05) is 43.2 Å². The highest BCUT2D eigenvalue weighted by Gasteiger charge is 2.22. The first-order valence-corrected chi connectivity index (χ1v) is 9.12. The SMILES string of the molecule is C[N+](C)(C)CC(CC(=O)O)NC(=O)CCCCCCc1ccccc1. The van der Waals surface area contributed by atoms with Crippen molar-refractivity contribution >= 4 is 11.9 Å². The van der Waals surface area contributed by atoms with Gasteiger partial charge in [0.2, 0.25) is 5.91 Å². The number of aliphatic carboxylic acids is 1. The summed E-state index contributed by atoms with van der Waals surface area (Å²) < 4.78 is 0.623. The molecule has 1 aromatic rings. The van der Waals surface area contributed by atoms with Gasteiger partial charge in [-0.3, -0.25) is 9.59 Å². The van der Waals surface area contributed by atoms with Crippen LogP contribution >= 0.6 is 0 Å². The number of carbonyl (C=O) groups excluding carboxylic acids is 1. The molecule has 0 radical (unpaired) electrons. The fourth-order valence-electron chi connectivity index (χ4n) is 2.95. The number of nitrogens with one attached hydrogen (secondary N) is 1. The first-order valence-electron chi connectivity index (χ1n) is 9.12. The lowest BCUT2D eigenvalue weighted by molar-refractivity contribution is -0.871. The van der Waals surface area contributed by atoms with Gasteiger partial charge in [0, 0.05) is 6.42 Å². The molecular formula is C20H33N2O3+. The summed E-state index contributed by atoms with van der Waals surface area (Å²) in [5, 5.41) is 11.9. The molecule has 25 heavy (non-hydrogen) atoms. The van der Waals surface area contributed by atoms with E-state index < -0.39 is 5.97 Å². The van der Waals surface area contributed by atoms with Gasteiger partial charge in [0.25, 0.3) is 0 Å². The van der Waals surface area contributed by atoms with Crippen molar-refractivity contribution < 1.29 is 19.2 Å². The molecule has 0 saturated carbocycles. The van der Waals surface area contributed by atoms with Crippen LogP contribution in [-0.2, 0) is 16.0 Å². The summed E-state index contributed by atoms with van der Waals surface area (Å²) in [5.41, 5.74) is 1.36. The number of carboxylic acids is 1. The quantitative estimate of drug-likeness (QED) is 0.450. The van der Waals surface area contributed by atoms with Crippen molar-refractivity contribution in [1.82, 2.24) is 5.32 Å². The molecule has 0 aromatic heterocycles. The Balaban J connectivity index is 2.20. The maximum atomic E-state index is 12.1. The Labute approximate surface area is 151 Å². The first-order chi connectivity index (χ1) is 11.8. The van der Waals surface area contributed by atoms with Crippen LogP contribution in [0.15, 0.2) is 30.3 Å². The van der Waals surface area contributed by atoms with Gasteiger partial charge in [-0.15, -0.1) is 0 Å². The molecule has 5 nitrogen and oxygen atoms in total. The number of amides is 1. The van der Waals surface area contributed by atoms with Crippen molar-refractivity contribution in [2.45, 2.75) is 51.0 Å². The summed E-state index contributed by atoms with van der Waals surface area (Å²) in [6, 6.07) is 10.1. The van der Waals surface area contributed by atoms with Crippen LogP contribution in [0.1, 0.15) is 44.1 Å². The van der Waals surface area contributed by atoms with Gasteiger partial charge >= 0.3 is 5.97 Å². The molecule has 0 saturated heterocycles. The topological polar surface area (TPSA) is 66.4 Å². The highest BCUT2D eigenvalue weighted by atomic mass is 16.4. The van der Waals surface area contributed by atoms with Crippen LogP contribution < -0.4 is 5.32 Å². The number of carbonyl (C=O) groups is 2. The van der Waals surface area contributed by atoms with Crippen LogP contribution in [0.2, 0.25) is 0 Å². The Morgan fingerprint density at radius 3 is 2.28 bits per heavy atom. The Kier molecular flexibility index (Phi) is 9.21. The number of benzene rings is 1. The zero-order valence-electron chi connectivity index (χ0n) is 15.8. The summed E-state index contributed by atoms with van der Waals surface area (Å²) in [5.74, 6) is -0.914. The van der Waals surface area contributed by atoms with Gasteiger partial charge in [-0.25, -0.2) is 0 Å². The molecule has 1 unspecified atom stereocenters. The number of rotatable bonds is 12. The van der Waals surface area contributed by atoms with Crippen molar-refractivity contribution in [2.75, 3.05) is 27.7 Å². The largest absolute Gasteiger partial charge is 0.481 e. The van der Waals surface area contributed by atoms with Crippen LogP contribution in [0.3, 0.4) is 0 Å². The molecule has 0 spiro atoms. The van der Waals surface area contributed by atoms with Gasteiger partial charge in [-0.2, -0.15) is 0 Å². The lowest BCUT2D eigenvalue weighted by Crippen LogP contribution is -2.49. The van der Waals surface area contributed by atoms with E-state index >= 15 is 0 Å². The second-order valence-corrected chi connectivity index (χ2v) is 7.74. The molecule has 0 aliphatic rings. The number of hydrogen-bond acceptors (Lipinski definition) is 2. The molecule has 0 bridgehead atoms. The highest BCUT2D eigenvalue weighted by molar-refractivity contribution is 5.77. The lowest BCUT2D eigenvalue weighted by atomic mass is 10.1. The third-order valence-electron chi connectivity index (χ3n) is 4.02. The highest BCUT2D eigenvalue weighted by Crippen LogP contribution is 2.09. The summed E-state index contributed by atoms with van der Waals surface area (Å²) >= 11 is 0. The number of aryl methyl sites for hydroxylation is 1. The summed E-state index contributed by atoms with van der Waals surface area (Å²) in [7, 11) is 5.98. The smallest absolute Gasteiger partial charge is 0.305 e. The van der Waals surface area contributed by atoms with E-state index in [0.717, 1.165) is 32.1 Å². The van der Waals surface area contributed by atoms with Crippen LogP contribution in [0.4, 0.5) is 0 Å². The molecule has 2 N–H and O–H groups in total. The van der Waals surface area contributed by atoms with Crippen molar-refractivity contribution in [3.05, 3.63) is 35.9 Å². The molecule has 1 amide bonds. The van der Waals surface area contributed by atoms with Crippen LogP contribution in [0.25, 0.3) is 0 Å². The van der Waals surface area contributed by atoms with Crippen molar-refractivity contribution in [3.63, 3.8) is 0 Å². The molecule has 0 aliphatic heterocycles. The second-order valence-electron chi connectivity index (χ2n) is 7.74. The van der Waals surface area contributed by atoms with E-state index in [1.165, 1.54) is 5.56 Å². The minimum absolute atomic E-state index is 0.0294. The van der Waals surface area contributed by atoms with E-state index in [-0.39, 0.29) is 18.4 Å². The van der Waals surface area contributed by atoms with E-state index in [9.17, 15) is 9.59 Å². The van der Waals surface area contributed by atoms with Gasteiger partial charge in [0.15, 0.2) is 0 Å².